The van der Waals surface area contributed by atoms with Gasteiger partial charge in [0.25, 0.3) is 0 Å². The third-order valence-corrected chi connectivity index (χ3v) is 4.42. The molecule has 24 heavy (non-hydrogen) atoms. The molecule has 1 aromatic carbocycles. The minimum Gasteiger partial charge on any atom is -0.365 e. The second kappa shape index (κ2) is 8.23. The first-order valence-corrected chi connectivity index (χ1v) is 8.31. The van der Waals surface area contributed by atoms with Crippen molar-refractivity contribution in [3.05, 3.63) is 58.9 Å². The lowest BCUT2D eigenvalue weighted by atomic mass is 9.84. The zero-order valence-corrected chi connectivity index (χ0v) is 14.7. The zero-order chi connectivity index (χ0) is 17.6. The first kappa shape index (κ1) is 18.4. The quantitative estimate of drug-likeness (QED) is 0.694. The minimum atomic E-state index is -0.427. The molecule has 0 saturated carbocycles. The summed E-state index contributed by atoms with van der Waals surface area (Å²) in [7, 11) is 4.10. The van der Waals surface area contributed by atoms with E-state index in [9.17, 15) is 4.39 Å². The molecule has 0 aromatic heterocycles. The summed E-state index contributed by atoms with van der Waals surface area (Å²) in [6.45, 7) is 3.16. The van der Waals surface area contributed by atoms with E-state index >= 15 is 0 Å². The number of fused-ring (bicyclic) bond motifs is 1. The fourth-order valence-electron chi connectivity index (χ4n) is 3.14. The summed E-state index contributed by atoms with van der Waals surface area (Å²) in [6, 6.07) is 7.91. The average molecular weight is 328 g/mol. The summed E-state index contributed by atoms with van der Waals surface area (Å²) in [4.78, 5) is 2.15. The Kier molecular flexibility index (Phi) is 6.30. The predicted molar refractivity (Wildman–Crippen MR) is 94.0 cm³/mol. The molecule has 1 aliphatic heterocycles. The number of nitrogens with zero attached hydrogens (tertiary/aromatic N) is 2. The average Bonchev–Trinajstić information content (AvgIpc) is 2.92. The molecule has 1 aromatic rings. The van der Waals surface area contributed by atoms with Crippen LogP contribution in [0.5, 0.6) is 0 Å². The van der Waals surface area contributed by atoms with Gasteiger partial charge in [0.2, 0.25) is 0 Å². The van der Waals surface area contributed by atoms with Gasteiger partial charge in [-0.3, -0.25) is 0 Å². The Hall–Kier alpha value is -1.96. The molecule has 1 unspecified atom stereocenters. The normalized spacial score (nSPS) is 20.6. The fourth-order valence-corrected chi connectivity index (χ4v) is 3.14. The molecule has 1 atom stereocenters. The maximum Gasteiger partial charge on any atom is 0.118 e. The van der Waals surface area contributed by atoms with Crippen molar-refractivity contribution in [1.29, 1.82) is 5.26 Å². The van der Waals surface area contributed by atoms with Crippen molar-refractivity contribution in [1.82, 2.24) is 4.90 Å². The largest absolute Gasteiger partial charge is 0.365 e. The van der Waals surface area contributed by atoms with Crippen LogP contribution in [0.4, 0.5) is 4.39 Å². The fraction of sp³-hybridized carbons (Fsp3) is 0.450. The Labute approximate surface area is 144 Å². The van der Waals surface area contributed by atoms with E-state index < -0.39 is 5.60 Å². The monoisotopic (exact) mass is 328 g/mol. The van der Waals surface area contributed by atoms with Crippen molar-refractivity contribution < 1.29 is 9.13 Å². The van der Waals surface area contributed by atoms with Crippen LogP contribution in [-0.4, -0.2) is 25.5 Å². The van der Waals surface area contributed by atoms with Gasteiger partial charge in [0.1, 0.15) is 5.83 Å². The highest BCUT2D eigenvalue weighted by Crippen LogP contribution is 2.43. The van der Waals surface area contributed by atoms with E-state index in [1.807, 2.05) is 24.3 Å². The SMILES string of the molecule is C/C=C(F)\C=C/CC1(CCCN(C)C)OCc2cc(C#N)ccc21. The van der Waals surface area contributed by atoms with E-state index in [1.54, 1.807) is 6.92 Å². The summed E-state index contributed by atoms with van der Waals surface area (Å²) in [5, 5.41) is 9.08. The van der Waals surface area contributed by atoms with E-state index in [1.165, 1.54) is 12.2 Å². The standard InChI is InChI=1S/C20H25FN2O/c1-4-18(21)7-5-10-20(11-6-12-23(2)3)19-9-8-16(14-22)13-17(19)15-24-20/h4-5,7-9,13H,6,10-12,15H2,1-3H3/b7-5-,18-4+. The second-order valence-corrected chi connectivity index (χ2v) is 6.45. The molecular formula is C20H25FN2O. The van der Waals surface area contributed by atoms with Crippen LogP contribution < -0.4 is 0 Å². The van der Waals surface area contributed by atoms with Gasteiger partial charge in [0.15, 0.2) is 0 Å². The molecule has 0 fully saturated rings. The third-order valence-electron chi connectivity index (χ3n) is 4.42. The van der Waals surface area contributed by atoms with Crippen molar-refractivity contribution in [3.8, 4) is 6.07 Å². The summed E-state index contributed by atoms with van der Waals surface area (Å²) in [6.07, 6.45) is 7.27. The maximum atomic E-state index is 13.4. The van der Waals surface area contributed by atoms with Crippen molar-refractivity contribution in [3.63, 3.8) is 0 Å². The summed E-state index contributed by atoms with van der Waals surface area (Å²) < 4.78 is 19.6. The number of ether oxygens (including phenoxy) is 1. The minimum absolute atomic E-state index is 0.239. The van der Waals surface area contributed by atoms with Gasteiger partial charge in [0, 0.05) is 0 Å². The van der Waals surface area contributed by atoms with Gasteiger partial charge in [-0.05, 0) is 76.2 Å². The first-order chi connectivity index (χ1) is 11.5. The number of rotatable bonds is 7. The smallest absolute Gasteiger partial charge is 0.118 e. The van der Waals surface area contributed by atoms with Gasteiger partial charge in [0.05, 0.1) is 23.8 Å². The molecule has 0 spiro atoms. The lowest BCUT2D eigenvalue weighted by molar-refractivity contribution is -0.0444. The van der Waals surface area contributed by atoms with Crippen molar-refractivity contribution in [2.75, 3.05) is 20.6 Å². The Morgan fingerprint density at radius 1 is 1.46 bits per heavy atom. The maximum absolute atomic E-state index is 13.4. The van der Waals surface area contributed by atoms with Crippen molar-refractivity contribution in [2.24, 2.45) is 0 Å². The highest BCUT2D eigenvalue weighted by atomic mass is 19.1. The molecule has 0 bridgehead atoms. The molecule has 0 saturated heterocycles. The number of nitriles is 1. The number of hydrogen-bond donors (Lipinski definition) is 0. The molecular weight excluding hydrogens is 303 g/mol. The van der Waals surface area contributed by atoms with E-state index in [4.69, 9.17) is 10.00 Å². The van der Waals surface area contributed by atoms with Crippen molar-refractivity contribution in [2.45, 2.75) is 38.4 Å². The Morgan fingerprint density at radius 3 is 2.92 bits per heavy atom. The van der Waals surface area contributed by atoms with E-state index in [-0.39, 0.29) is 5.83 Å². The summed E-state index contributed by atoms with van der Waals surface area (Å²) >= 11 is 0. The van der Waals surface area contributed by atoms with Gasteiger partial charge >= 0.3 is 0 Å². The van der Waals surface area contributed by atoms with Crippen LogP contribution in [0.3, 0.4) is 0 Å². The molecule has 4 heteroatoms. The molecule has 0 aliphatic carbocycles. The van der Waals surface area contributed by atoms with Crippen LogP contribution in [0.1, 0.15) is 42.9 Å². The van der Waals surface area contributed by atoms with Gasteiger partial charge in [-0.25, -0.2) is 4.39 Å². The summed E-state index contributed by atoms with van der Waals surface area (Å²) in [5.41, 5.74) is 2.42. The molecule has 1 heterocycles. The highest BCUT2D eigenvalue weighted by molar-refractivity contribution is 5.43. The molecule has 3 nitrogen and oxygen atoms in total. The van der Waals surface area contributed by atoms with Gasteiger partial charge < -0.3 is 9.64 Å². The number of hydrogen-bond acceptors (Lipinski definition) is 3. The highest BCUT2D eigenvalue weighted by Gasteiger charge is 2.38. The van der Waals surface area contributed by atoms with Crippen LogP contribution >= 0.6 is 0 Å². The lowest BCUT2D eigenvalue weighted by Gasteiger charge is -2.29. The second-order valence-electron chi connectivity index (χ2n) is 6.45. The lowest BCUT2D eigenvalue weighted by Crippen LogP contribution is -2.26. The van der Waals surface area contributed by atoms with E-state index in [0.717, 1.165) is 30.5 Å². The molecule has 0 amide bonds. The van der Waals surface area contributed by atoms with Gasteiger partial charge in [-0.2, -0.15) is 5.26 Å². The zero-order valence-electron chi connectivity index (χ0n) is 14.7. The van der Waals surface area contributed by atoms with Crippen LogP contribution in [0.25, 0.3) is 0 Å². The molecule has 0 radical (unpaired) electrons. The van der Waals surface area contributed by atoms with Crippen LogP contribution in [0.2, 0.25) is 0 Å². The molecule has 0 N–H and O–H groups in total. The molecule has 2 rings (SSSR count). The van der Waals surface area contributed by atoms with Crippen LogP contribution in [-0.2, 0) is 16.9 Å². The Bertz CT molecular complexity index is 673. The van der Waals surface area contributed by atoms with Gasteiger partial charge in [-0.1, -0.05) is 18.2 Å². The van der Waals surface area contributed by atoms with Crippen molar-refractivity contribution >= 4 is 0 Å². The van der Waals surface area contributed by atoms with Crippen LogP contribution in [0, 0.1) is 11.3 Å². The Morgan fingerprint density at radius 2 is 2.25 bits per heavy atom. The molecule has 1 aliphatic rings. The first-order valence-electron chi connectivity index (χ1n) is 8.31. The summed E-state index contributed by atoms with van der Waals surface area (Å²) in [5.74, 6) is -0.239. The van der Waals surface area contributed by atoms with E-state index in [2.05, 4.69) is 25.1 Å². The molecule has 128 valence electrons. The number of allylic oxidation sites excluding steroid dienone is 3. The predicted octanol–water partition coefficient (Wildman–Crippen LogP) is 4.45. The third kappa shape index (κ3) is 4.31. The topological polar surface area (TPSA) is 36.3 Å². The van der Waals surface area contributed by atoms with E-state index in [0.29, 0.717) is 18.6 Å². The number of halogens is 1. The Balaban J connectivity index is 2.25. The number of benzene rings is 1. The van der Waals surface area contributed by atoms with Gasteiger partial charge in [-0.15, -0.1) is 0 Å². The van der Waals surface area contributed by atoms with Crippen LogP contribution in [0.15, 0.2) is 42.3 Å².